The van der Waals surface area contributed by atoms with Crippen molar-refractivity contribution in [1.82, 2.24) is 0 Å². The van der Waals surface area contributed by atoms with Crippen LogP contribution in [-0.2, 0) is 14.8 Å². The molecule has 0 fully saturated rings. The van der Waals surface area contributed by atoms with Crippen LogP contribution in [0.5, 0.6) is 0 Å². The van der Waals surface area contributed by atoms with Crippen LogP contribution in [0, 0.1) is 6.92 Å². The third-order valence-electron chi connectivity index (χ3n) is 3.17. The topological polar surface area (TPSA) is 89.5 Å². The molecule has 0 aliphatic carbocycles. The lowest BCUT2D eigenvalue weighted by Crippen LogP contribution is -2.24. The van der Waals surface area contributed by atoms with Crippen LogP contribution in [0.25, 0.3) is 0 Å². The molecule has 1 atom stereocenters. The number of rotatable bonds is 6. The number of ketones is 1. The van der Waals surface area contributed by atoms with Gasteiger partial charge in [-0.05, 0) is 55.1 Å². The molecular formula is C16H17NO5S2. The van der Waals surface area contributed by atoms with Gasteiger partial charge in [0.25, 0.3) is 0 Å². The number of thiophene rings is 1. The van der Waals surface area contributed by atoms with E-state index in [9.17, 15) is 18.0 Å². The van der Waals surface area contributed by atoms with Crippen LogP contribution >= 0.6 is 11.3 Å². The second-order valence-electron chi connectivity index (χ2n) is 5.30. The van der Waals surface area contributed by atoms with Gasteiger partial charge in [0, 0.05) is 11.3 Å². The van der Waals surface area contributed by atoms with Gasteiger partial charge >= 0.3 is 5.97 Å². The van der Waals surface area contributed by atoms with E-state index >= 15 is 0 Å². The number of Topliss-reactive ketones (excluding diaryl/α,β-unsaturated/α-hetero) is 1. The van der Waals surface area contributed by atoms with Crippen LogP contribution in [0.4, 0.5) is 5.69 Å². The summed E-state index contributed by atoms with van der Waals surface area (Å²) in [6.45, 7) is 3.30. The highest BCUT2D eigenvalue weighted by atomic mass is 32.2. The van der Waals surface area contributed by atoms with Gasteiger partial charge in [-0.1, -0.05) is 0 Å². The van der Waals surface area contributed by atoms with Gasteiger partial charge < -0.3 is 4.74 Å². The molecule has 8 heteroatoms. The molecule has 6 nitrogen and oxygen atoms in total. The standard InChI is InChI=1S/C16H17NO5S2/c1-10-8-9-23-15(10)16(19)22-11(2)14(18)12-4-6-13(7-5-12)17-24(3,20)21/h4-9,11,17H,1-3H3/t11-/m0/s1. The summed E-state index contributed by atoms with van der Waals surface area (Å²) in [5.74, 6) is -0.887. The van der Waals surface area contributed by atoms with Gasteiger partial charge in [0.05, 0.1) is 6.26 Å². The zero-order chi connectivity index (χ0) is 17.9. The Morgan fingerprint density at radius 2 is 1.79 bits per heavy atom. The summed E-state index contributed by atoms with van der Waals surface area (Å²) in [4.78, 5) is 24.8. The fourth-order valence-corrected chi connectivity index (χ4v) is 3.37. The molecule has 1 aromatic heterocycles. The minimum Gasteiger partial charge on any atom is -0.450 e. The first kappa shape index (κ1) is 18.2. The third kappa shape index (κ3) is 4.65. The van der Waals surface area contributed by atoms with Gasteiger partial charge in [-0.15, -0.1) is 11.3 Å². The van der Waals surface area contributed by atoms with Crippen molar-refractivity contribution < 1.29 is 22.7 Å². The number of hydrogen-bond donors (Lipinski definition) is 1. The normalized spacial score (nSPS) is 12.5. The van der Waals surface area contributed by atoms with E-state index in [4.69, 9.17) is 4.74 Å². The van der Waals surface area contributed by atoms with Crippen LogP contribution in [0.15, 0.2) is 35.7 Å². The van der Waals surface area contributed by atoms with Gasteiger partial charge in [-0.25, -0.2) is 13.2 Å². The molecule has 0 saturated carbocycles. The average molecular weight is 367 g/mol. The molecule has 128 valence electrons. The van der Waals surface area contributed by atoms with Gasteiger partial charge in [-0.3, -0.25) is 9.52 Å². The summed E-state index contributed by atoms with van der Waals surface area (Å²) in [6, 6.07) is 7.73. The van der Waals surface area contributed by atoms with Crippen LogP contribution in [0.2, 0.25) is 0 Å². The highest BCUT2D eigenvalue weighted by Gasteiger charge is 2.22. The van der Waals surface area contributed by atoms with Gasteiger partial charge in [0.1, 0.15) is 4.88 Å². The summed E-state index contributed by atoms with van der Waals surface area (Å²) in [6.07, 6.45) is 0.105. The number of hydrogen-bond acceptors (Lipinski definition) is 6. The van der Waals surface area contributed by atoms with Crippen molar-refractivity contribution in [2.75, 3.05) is 11.0 Å². The molecule has 0 radical (unpaired) electrons. The zero-order valence-electron chi connectivity index (χ0n) is 13.4. The Morgan fingerprint density at radius 1 is 1.17 bits per heavy atom. The maximum Gasteiger partial charge on any atom is 0.349 e. The van der Waals surface area contributed by atoms with E-state index in [1.54, 1.807) is 18.4 Å². The molecule has 0 aliphatic rings. The van der Waals surface area contributed by atoms with Crippen molar-refractivity contribution in [3.05, 3.63) is 51.7 Å². The van der Waals surface area contributed by atoms with E-state index in [2.05, 4.69) is 4.72 Å². The van der Waals surface area contributed by atoms with Crippen molar-refractivity contribution >= 4 is 38.8 Å². The Labute approximate surface area is 144 Å². The Hall–Kier alpha value is -2.19. The molecule has 1 heterocycles. The molecule has 0 amide bonds. The second-order valence-corrected chi connectivity index (χ2v) is 7.96. The van der Waals surface area contributed by atoms with Crippen LogP contribution in [0.3, 0.4) is 0 Å². The quantitative estimate of drug-likeness (QED) is 0.626. The summed E-state index contributed by atoms with van der Waals surface area (Å²) < 4.78 is 29.8. The highest BCUT2D eigenvalue weighted by molar-refractivity contribution is 7.92. The first-order valence-electron chi connectivity index (χ1n) is 7.04. The number of carbonyl (C=O) groups is 2. The van der Waals surface area contributed by atoms with E-state index in [-0.39, 0.29) is 5.78 Å². The zero-order valence-corrected chi connectivity index (χ0v) is 15.0. The summed E-state index contributed by atoms with van der Waals surface area (Å²) in [7, 11) is -3.37. The molecule has 0 bridgehead atoms. The van der Waals surface area contributed by atoms with E-state index in [1.807, 2.05) is 0 Å². The SMILES string of the molecule is Cc1ccsc1C(=O)O[C@@H](C)C(=O)c1ccc(NS(C)(=O)=O)cc1. The predicted molar refractivity (Wildman–Crippen MR) is 93.2 cm³/mol. The Bertz CT molecular complexity index is 853. The largest absolute Gasteiger partial charge is 0.450 e. The molecule has 1 N–H and O–H groups in total. The number of carbonyl (C=O) groups excluding carboxylic acids is 2. The van der Waals surface area contributed by atoms with E-state index in [1.165, 1.54) is 42.5 Å². The van der Waals surface area contributed by atoms with Crippen molar-refractivity contribution in [3.63, 3.8) is 0 Å². The van der Waals surface area contributed by atoms with Crippen molar-refractivity contribution in [3.8, 4) is 0 Å². The van der Waals surface area contributed by atoms with Crippen molar-refractivity contribution in [2.45, 2.75) is 20.0 Å². The summed E-state index contributed by atoms with van der Waals surface area (Å²) in [5.41, 5.74) is 1.49. The lowest BCUT2D eigenvalue weighted by Gasteiger charge is -2.12. The lowest BCUT2D eigenvalue weighted by atomic mass is 10.1. The Morgan fingerprint density at radius 3 is 2.29 bits per heavy atom. The maximum atomic E-state index is 12.3. The minimum absolute atomic E-state index is 0.331. The smallest absolute Gasteiger partial charge is 0.349 e. The van der Waals surface area contributed by atoms with E-state index in [0.717, 1.165) is 11.8 Å². The predicted octanol–water partition coefficient (Wildman–Crippen LogP) is 2.86. The van der Waals surface area contributed by atoms with E-state index < -0.39 is 22.1 Å². The average Bonchev–Trinajstić information content (AvgIpc) is 2.92. The number of aryl methyl sites for hydroxylation is 1. The van der Waals surface area contributed by atoms with Gasteiger partial charge in [0.2, 0.25) is 15.8 Å². The fraction of sp³-hybridized carbons (Fsp3) is 0.250. The molecule has 0 saturated heterocycles. The second kappa shape index (κ2) is 7.14. The van der Waals surface area contributed by atoms with Gasteiger partial charge in [-0.2, -0.15) is 0 Å². The van der Waals surface area contributed by atoms with Crippen LogP contribution in [-0.4, -0.2) is 32.5 Å². The molecule has 0 unspecified atom stereocenters. The molecular weight excluding hydrogens is 350 g/mol. The molecule has 1 aromatic carbocycles. The summed E-state index contributed by atoms with van der Waals surface area (Å²) in [5, 5.41) is 1.78. The first-order chi connectivity index (χ1) is 11.2. The maximum absolute atomic E-state index is 12.3. The van der Waals surface area contributed by atoms with Crippen LogP contribution < -0.4 is 4.72 Å². The van der Waals surface area contributed by atoms with E-state index in [0.29, 0.717) is 16.1 Å². The minimum atomic E-state index is -3.37. The molecule has 2 rings (SSSR count). The third-order valence-corrected chi connectivity index (χ3v) is 4.78. The molecule has 0 aliphatic heterocycles. The Balaban J connectivity index is 2.05. The number of benzene rings is 1. The Kier molecular flexibility index (Phi) is 5.40. The fourth-order valence-electron chi connectivity index (χ4n) is 2.00. The number of nitrogens with one attached hydrogen (secondary N) is 1. The molecule has 0 spiro atoms. The summed E-state index contributed by atoms with van der Waals surface area (Å²) >= 11 is 1.26. The molecule has 2 aromatic rings. The molecule has 24 heavy (non-hydrogen) atoms. The number of sulfonamides is 1. The monoisotopic (exact) mass is 367 g/mol. The lowest BCUT2D eigenvalue weighted by molar-refractivity contribution is 0.0323. The van der Waals surface area contributed by atoms with Crippen LogP contribution in [0.1, 0.15) is 32.5 Å². The number of anilines is 1. The number of ether oxygens (including phenoxy) is 1. The highest BCUT2D eigenvalue weighted by Crippen LogP contribution is 2.19. The van der Waals surface area contributed by atoms with Crippen molar-refractivity contribution in [2.24, 2.45) is 0 Å². The van der Waals surface area contributed by atoms with Crippen molar-refractivity contribution in [1.29, 1.82) is 0 Å². The number of esters is 1. The first-order valence-corrected chi connectivity index (χ1v) is 9.81. The van der Waals surface area contributed by atoms with Gasteiger partial charge in [0.15, 0.2) is 6.10 Å².